The highest BCUT2D eigenvalue weighted by Crippen LogP contribution is 2.13. The first-order chi connectivity index (χ1) is 7.29. The lowest BCUT2D eigenvalue weighted by Crippen LogP contribution is -1.83. The highest BCUT2D eigenvalue weighted by Gasteiger charge is 1.95. The third-order valence-electron chi connectivity index (χ3n) is 2.10. The van der Waals surface area contributed by atoms with E-state index in [9.17, 15) is 4.79 Å². The van der Waals surface area contributed by atoms with Crippen LogP contribution < -0.4 is 0 Å². The Hall–Kier alpha value is -2.14. The van der Waals surface area contributed by atoms with E-state index in [1.54, 1.807) is 0 Å². The van der Waals surface area contributed by atoms with Gasteiger partial charge in [0.1, 0.15) is 0 Å². The maximum absolute atomic E-state index is 10.1. The summed E-state index contributed by atoms with van der Waals surface area (Å²) in [6, 6.07) is 9.67. The smallest absolute Gasteiger partial charge is 0.193 e. The van der Waals surface area contributed by atoms with Gasteiger partial charge in [-0.2, -0.15) is 0 Å². The third-order valence-corrected chi connectivity index (χ3v) is 2.10. The van der Waals surface area contributed by atoms with Gasteiger partial charge in [0.2, 0.25) is 0 Å². The van der Waals surface area contributed by atoms with Gasteiger partial charge in [-0.25, -0.2) is 0 Å². The van der Waals surface area contributed by atoms with E-state index >= 15 is 0 Å². The van der Waals surface area contributed by atoms with Crippen molar-refractivity contribution in [2.45, 2.75) is 6.92 Å². The van der Waals surface area contributed by atoms with Gasteiger partial charge in [-0.15, -0.1) is 0 Å². The van der Waals surface area contributed by atoms with Gasteiger partial charge < -0.3 is 0 Å². The van der Waals surface area contributed by atoms with Crippen LogP contribution >= 0.6 is 0 Å². The third kappa shape index (κ3) is 2.03. The van der Waals surface area contributed by atoms with Gasteiger partial charge >= 0.3 is 0 Å². The molecule has 0 aliphatic carbocycles. The summed E-state index contributed by atoms with van der Waals surface area (Å²) in [7, 11) is 0. The molecule has 0 unspecified atom stereocenters. The Morgan fingerprint density at radius 3 is 2.93 bits per heavy atom. The zero-order chi connectivity index (χ0) is 10.7. The molecule has 0 saturated carbocycles. The number of benzene rings is 1. The predicted molar refractivity (Wildman–Crippen MR) is 59.4 cm³/mol. The van der Waals surface area contributed by atoms with Gasteiger partial charge in [-0.3, -0.25) is 9.78 Å². The number of aromatic nitrogens is 1. The van der Waals surface area contributed by atoms with Gasteiger partial charge in [0, 0.05) is 16.6 Å². The number of pyridine rings is 1. The fourth-order valence-corrected chi connectivity index (χ4v) is 1.42. The number of aryl methyl sites for hydroxylation is 1. The van der Waals surface area contributed by atoms with Crippen molar-refractivity contribution in [2.75, 3.05) is 0 Å². The first kappa shape index (κ1) is 9.42. The molecule has 0 radical (unpaired) electrons. The Labute approximate surface area is 88.0 Å². The summed E-state index contributed by atoms with van der Waals surface area (Å²) in [6.07, 6.45) is 0.595. The van der Waals surface area contributed by atoms with E-state index < -0.39 is 0 Å². The van der Waals surface area contributed by atoms with Crippen molar-refractivity contribution >= 4 is 17.2 Å². The second-order valence-corrected chi connectivity index (χ2v) is 3.25. The van der Waals surface area contributed by atoms with Gasteiger partial charge in [0.05, 0.1) is 5.52 Å². The van der Waals surface area contributed by atoms with Crippen LogP contribution in [0.4, 0.5) is 0 Å². The molecule has 1 aromatic heterocycles. The Bertz CT molecular complexity index is 576. The Morgan fingerprint density at radius 2 is 2.13 bits per heavy atom. The van der Waals surface area contributed by atoms with Crippen molar-refractivity contribution in [1.29, 1.82) is 0 Å². The van der Waals surface area contributed by atoms with Gasteiger partial charge in [0.15, 0.2) is 6.29 Å². The van der Waals surface area contributed by atoms with Gasteiger partial charge in [-0.05, 0) is 37.1 Å². The molecule has 0 atom stereocenters. The lowest BCUT2D eigenvalue weighted by atomic mass is 10.1. The van der Waals surface area contributed by atoms with Crippen LogP contribution in [0.1, 0.15) is 11.3 Å². The first-order valence-electron chi connectivity index (χ1n) is 4.62. The fourth-order valence-electron chi connectivity index (χ4n) is 1.42. The standard InChI is InChI=1S/C13H9NO/c1-10-4-6-12-9-11(3-2-8-15)5-7-13(12)14-10/h4-9H,1H3. The largest absolute Gasteiger partial charge is 0.289 e. The summed E-state index contributed by atoms with van der Waals surface area (Å²) in [5.41, 5.74) is 2.78. The molecule has 0 bridgehead atoms. The molecule has 2 nitrogen and oxygen atoms in total. The molecule has 2 aromatic rings. The molecule has 2 rings (SSSR count). The number of carbonyl (C=O) groups excluding carboxylic acids is 1. The average Bonchev–Trinajstić information content (AvgIpc) is 2.26. The molecule has 0 saturated heterocycles. The molecule has 0 N–H and O–H groups in total. The van der Waals surface area contributed by atoms with Crippen LogP contribution in [0.2, 0.25) is 0 Å². The van der Waals surface area contributed by atoms with Crippen molar-refractivity contribution in [2.24, 2.45) is 0 Å². The highest BCUT2D eigenvalue weighted by molar-refractivity contribution is 5.81. The summed E-state index contributed by atoms with van der Waals surface area (Å²) < 4.78 is 0. The predicted octanol–water partition coefficient (Wildman–Crippen LogP) is 2.09. The minimum atomic E-state index is 0.595. The molecular formula is C13H9NO. The zero-order valence-corrected chi connectivity index (χ0v) is 8.32. The summed E-state index contributed by atoms with van der Waals surface area (Å²) in [5.74, 6) is 5.14. The molecule has 1 aromatic carbocycles. The van der Waals surface area contributed by atoms with Crippen LogP contribution in [0.5, 0.6) is 0 Å². The van der Waals surface area contributed by atoms with E-state index in [1.165, 1.54) is 0 Å². The van der Waals surface area contributed by atoms with Gasteiger partial charge in [0.25, 0.3) is 0 Å². The molecule has 72 valence electrons. The first-order valence-corrected chi connectivity index (χ1v) is 4.62. The minimum Gasteiger partial charge on any atom is -0.289 e. The Balaban J connectivity index is 2.56. The van der Waals surface area contributed by atoms with Crippen LogP contribution in [0, 0.1) is 18.8 Å². The Kier molecular flexibility index (Phi) is 2.47. The zero-order valence-electron chi connectivity index (χ0n) is 8.32. The molecule has 1 heterocycles. The van der Waals surface area contributed by atoms with Crippen LogP contribution in [-0.4, -0.2) is 11.3 Å². The maximum Gasteiger partial charge on any atom is 0.193 e. The van der Waals surface area contributed by atoms with Crippen molar-refractivity contribution in [3.8, 4) is 11.8 Å². The van der Waals surface area contributed by atoms with Crippen LogP contribution in [-0.2, 0) is 4.79 Å². The second-order valence-electron chi connectivity index (χ2n) is 3.25. The normalized spacial score (nSPS) is 9.40. The van der Waals surface area contributed by atoms with E-state index in [-0.39, 0.29) is 0 Å². The molecule has 15 heavy (non-hydrogen) atoms. The fraction of sp³-hybridized carbons (Fsp3) is 0.0769. The minimum absolute atomic E-state index is 0.595. The lowest BCUT2D eigenvalue weighted by molar-refractivity contribution is -0.103. The van der Waals surface area contributed by atoms with Crippen LogP contribution in [0.15, 0.2) is 30.3 Å². The number of fused-ring (bicyclic) bond motifs is 1. The average molecular weight is 195 g/mol. The highest BCUT2D eigenvalue weighted by atomic mass is 16.1. The van der Waals surface area contributed by atoms with Crippen molar-refractivity contribution in [3.63, 3.8) is 0 Å². The molecule has 0 fully saturated rings. The summed E-state index contributed by atoms with van der Waals surface area (Å²) in [6.45, 7) is 1.96. The molecule has 0 aliphatic rings. The van der Waals surface area contributed by atoms with E-state index in [2.05, 4.69) is 16.8 Å². The number of hydrogen-bond donors (Lipinski definition) is 0. The van der Waals surface area contributed by atoms with Crippen molar-refractivity contribution < 1.29 is 4.79 Å². The number of hydrogen-bond acceptors (Lipinski definition) is 2. The van der Waals surface area contributed by atoms with Gasteiger partial charge in [-0.1, -0.05) is 12.0 Å². The van der Waals surface area contributed by atoms with E-state index in [1.807, 2.05) is 37.3 Å². The number of rotatable bonds is 0. The van der Waals surface area contributed by atoms with E-state index in [4.69, 9.17) is 0 Å². The molecule has 0 amide bonds. The quantitative estimate of drug-likeness (QED) is 0.476. The lowest BCUT2D eigenvalue weighted by Gasteiger charge is -1.98. The number of aldehydes is 1. The summed E-state index contributed by atoms with van der Waals surface area (Å²) in [4.78, 5) is 14.5. The molecule has 0 aliphatic heterocycles. The second kappa shape index (κ2) is 3.93. The number of carbonyl (C=O) groups is 1. The summed E-state index contributed by atoms with van der Waals surface area (Å²) >= 11 is 0. The Morgan fingerprint density at radius 1 is 1.27 bits per heavy atom. The number of nitrogens with zero attached hydrogens (tertiary/aromatic N) is 1. The van der Waals surface area contributed by atoms with Crippen molar-refractivity contribution in [1.82, 2.24) is 4.98 Å². The topological polar surface area (TPSA) is 30.0 Å². The van der Waals surface area contributed by atoms with Crippen LogP contribution in [0.3, 0.4) is 0 Å². The van der Waals surface area contributed by atoms with E-state index in [0.29, 0.717) is 6.29 Å². The maximum atomic E-state index is 10.1. The SMILES string of the molecule is Cc1ccc2cc(C#CC=O)ccc2n1. The molecular weight excluding hydrogens is 186 g/mol. The molecule has 0 spiro atoms. The molecule has 2 heteroatoms. The summed E-state index contributed by atoms with van der Waals surface area (Å²) in [5, 5.41) is 1.04. The van der Waals surface area contributed by atoms with Crippen LogP contribution in [0.25, 0.3) is 10.9 Å². The monoisotopic (exact) mass is 195 g/mol. The van der Waals surface area contributed by atoms with E-state index in [0.717, 1.165) is 22.2 Å². The van der Waals surface area contributed by atoms with Crippen molar-refractivity contribution in [3.05, 3.63) is 41.6 Å².